The number of nitrogens with zero attached hydrogens (tertiary/aromatic N) is 2. The molecule has 0 bridgehead atoms. The number of nitrogens with one attached hydrogen (secondary N) is 1. The first-order valence-corrected chi connectivity index (χ1v) is 11.0. The Morgan fingerprint density at radius 2 is 1.80 bits per heavy atom. The lowest BCUT2D eigenvalue weighted by molar-refractivity contribution is 0.0954. The molecule has 0 aliphatic rings. The Hall–Kier alpha value is -2.34. The van der Waals surface area contributed by atoms with Crippen molar-refractivity contribution in [1.29, 1.82) is 0 Å². The zero-order valence-electron chi connectivity index (χ0n) is 15.9. The maximum Gasteiger partial charge on any atom is 0.251 e. The first-order chi connectivity index (χ1) is 14.5. The van der Waals surface area contributed by atoms with Crippen LogP contribution in [-0.4, -0.2) is 22.0 Å². The molecule has 0 aliphatic carbocycles. The van der Waals surface area contributed by atoms with Crippen LogP contribution in [0.1, 0.15) is 21.7 Å². The third-order valence-electron chi connectivity index (χ3n) is 4.82. The van der Waals surface area contributed by atoms with Gasteiger partial charge in [-0.25, -0.2) is 4.98 Å². The molecule has 1 aromatic heterocycles. The summed E-state index contributed by atoms with van der Waals surface area (Å²) in [6.45, 7) is 1.05. The van der Waals surface area contributed by atoms with Crippen molar-refractivity contribution in [3.63, 3.8) is 0 Å². The van der Waals surface area contributed by atoms with E-state index in [1.807, 2.05) is 48.5 Å². The van der Waals surface area contributed by atoms with Crippen LogP contribution in [-0.2, 0) is 13.0 Å². The molecule has 0 aliphatic heterocycles. The Morgan fingerprint density at radius 3 is 2.57 bits per heavy atom. The number of aromatic nitrogens is 2. The smallest absolute Gasteiger partial charge is 0.251 e. The van der Waals surface area contributed by atoms with Gasteiger partial charge in [0.1, 0.15) is 5.82 Å². The highest BCUT2D eigenvalue weighted by Gasteiger charge is 2.13. The van der Waals surface area contributed by atoms with Crippen molar-refractivity contribution < 1.29 is 4.79 Å². The fraction of sp³-hybridized carbons (Fsp3) is 0.130. The molecule has 1 amide bonds. The molecular weight excluding hydrogens is 485 g/mol. The summed E-state index contributed by atoms with van der Waals surface area (Å²) in [6.07, 6.45) is 0.599. The summed E-state index contributed by atoms with van der Waals surface area (Å²) < 4.78 is 3.07. The van der Waals surface area contributed by atoms with Gasteiger partial charge in [-0.1, -0.05) is 57.3 Å². The van der Waals surface area contributed by atoms with Crippen molar-refractivity contribution in [1.82, 2.24) is 14.9 Å². The molecule has 4 rings (SSSR count). The molecule has 0 saturated carbocycles. The van der Waals surface area contributed by atoms with E-state index in [0.717, 1.165) is 26.9 Å². The normalized spacial score (nSPS) is 11.0. The highest BCUT2D eigenvalue weighted by atomic mass is 79.9. The van der Waals surface area contributed by atoms with E-state index in [-0.39, 0.29) is 5.91 Å². The lowest BCUT2D eigenvalue weighted by Crippen LogP contribution is -2.26. The van der Waals surface area contributed by atoms with E-state index in [0.29, 0.717) is 35.1 Å². The van der Waals surface area contributed by atoms with E-state index in [1.165, 1.54) is 0 Å². The van der Waals surface area contributed by atoms with Crippen molar-refractivity contribution >= 4 is 56.1 Å². The fourth-order valence-electron chi connectivity index (χ4n) is 3.30. The number of carbonyl (C=O) groups excluding carboxylic acids is 1. The van der Waals surface area contributed by atoms with Crippen molar-refractivity contribution in [2.24, 2.45) is 0 Å². The minimum atomic E-state index is -0.106. The number of carbonyl (C=O) groups is 1. The lowest BCUT2D eigenvalue weighted by atomic mass is 10.2. The lowest BCUT2D eigenvalue weighted by Gasteiger charge is -2.12. The van der Waals surface area contributed by atoms with Crippen LogP contribution in [0, 0.1) is 0 Å². The highest BCUT2D eigenvalue weighted by Crippen LogP contribution is 2.24. The maximum atomic E-state index is 12.4. The molecule has 0 radical (unpaired) electrons. The first-order valence-electron chi connectivity index (χ1n) is 9.43. The average Bonchev–Trinajstić information content (AvgIpc) is 3.08. The number of halogens is 3. The Morgan fingerprint density at radius 1 is 1.03 bits per heavy atom. The predicted molar refractivity (Wildman–Crippen MR) is 125 cm³/mol. The molecule has 7 heteroatoms. The number of fused-ring (bicyclic) bond motifs is 1. The minimum absolute atomic E-state index is 0.106. The molecule has 1 N–H and O–H groups in total. The van der Waals surface area contributed by atoms with E-state index < -0.39 is 0 Å². The molecular formula is C23H18BrCl2N3O. The largest absolute Gasteiger partial charge is 0.352 e. The van der Waals surface area contributed by atoms with Crippen molar-refractivity contribution in [3.05, 3.63) is 98.2 Å². The molecule has 4 aromatic rings. The van der Waals surface area contributed by atoms with Gasteiger partial charge in [0.15, 0.2) is 0 Å². The van der Waals surface area contributed by atoms with E-state index in [4.69, 9.17) is 28.2 Å². The second-order valence-electron chi connectivity index (χ2n) is 6.85. The number of amides is 1. The summed E-state index contributed by atoms with van der Waals surface area (Å²) in [5, 5.41) is 4.20. The second kappa shape index (κ2) is 9.21. The van der Waals surface area contributed by atoms with Gasteiger partial charge < -0.3 is 9.88 Å². The molecule has 0 unspecified atom stereocenters. The first kappa shape index (κ1) is 20.9. The molecule has 1 heterocycles. The summed E-state index contributed by atoms with van der Waals surface area (Å²) in [4.78, 5) is 17.2. The van der Waals surface area contributed by atoms with Crippen LogP contribution >= 0.6 is 39.1 Å². The van der Waals surface area contributed by atoms with Crippen LogP contribution in [0.2, 0.25) is 10.0 Å². The van der Waals surface area contributed by atoms with Gasteiger partial charge in [0.25, 0.3) is 5.91 Å². The molecule has 152 valence electrons. The van der Waals surface area contributed by atoms with Gasteiger partial charge in [-0.3, -0.25) is 4.79 Å². The quantitative estimate of drug-likeness (QED) is 0.345. The van der Waals surface area contributed by atoms with E-state index in [9.17, 15) is 4.79 Å². The van der Waals surface area contributed by atoms with Crippen LogP contribution in [0.5, 0.6) is 0 Å². The number of hydrogen-bond acceptors (Lipinski definition) is 2. The summed E-state index contributed by atoms with van der Waals surface area (Å²) in [5.74, 6) is 0.782. The fourth-order valence-corrected chi connectivity index (χ4v) is 4.04. The summed E-state index contributed by atoms with van der Waals surface area (Å²) >= 11 is 15.8. The second-order valence-corrected chi connectivity index (χ2v) is 8.61. The molecule has 30 heavy (non-hydrogen) atoms. The van der Waals surface area contributed by atoms with Gasteiger partial charge >= 0.3 is 0 Å². The highest BCUT2D eigenvalue weighted by molar-refractivity contribution is 9.10. The van der Waals surface area contributed by atoms with Crippen molar-refractivity contribution in [2.75, 3.05) is 6.54 Å². The Bertz CT molecular complexity index is 1210. The molecule has 0 saturated heterocycles. The number of rotatable bonds is 6. The number of hydrogen-bond donors (Lipinski definition) is 1. The predicted octanol–water partition coefficient (Wildman–Crippen LogP) is 6.13. The third kappa shape index (κ3) is 4.69. The third-order valence-corrected chi connectivity index (χ3v) is 5.93. The van der Waals surface area contributed by atoms with Gasteiger partial charge in [0.2, 0.25) is 0 Å². The summed E-state index contributed by atoms with van der Waals surface area (Å²) in [6, 6.07) is 20.8. The van der Waals surface area contributed by atoms with Gasteiger partial charge in [-0.05, 0) is 54.1 Å². The van der Waals surface area contributed by atoms with Crippen LogP contribution in [0.4, 0.5) is 0 Å². The standard InChI is InChI=1S/C23H18BrCl2N3O/c24-17-8-5-15(6-9-17)23(30)27-12-11-22-28-20-3-1-2-4-21(20)29(22)14-16-7-10-18(25)13-19(16)26/h1-10,13H,11-12,14H2,(H,27,30). The van der Waals surface area contributed by atoms with Gasteiger partial charge in [0.05, 0.1) is 17.6 Å². The molecule has 3 aromatic carbocycles. The van der Waals surface area contributed by atoms with E-state index >= 15 is 0 Å². The summed E-state index contributed by atoms with van der Waals surface area (Å²) in [7, 11) is 0. The SMILES string of the molecule is O=C(NCCc1nc2ccccc2n1Cc1ccc(Cl)cc1Cl)c1ccc(Br)cc1. The topological polar surface area (TPSA) is 46.9 Å². The Balaban J connectivity index is 1.54. The Labute approximate surface area is 193 Å². The van der Waals surface area contributed by atoms with Crippen LogP contribution in [0.25, 0.3) is 11.0 Å². The van der Waals surface area contributed by atoms with Crippen molar-refractivity contribution in [3.8, 4) is 0 Å². The average molecular weight is 503 g/mol. The van der Waals surface area contributed by atoms with Gasteiger partial charge in [0, 0.05) is 33.0 Å². The minimum Gasteiger partial charge on any atom is -0.352 e. The number of benzene rings is 3. The summed E-state index contributed by atoms with van der Waals surface area (Å²) in [5.41, 5.74) is 3.53. The zero-order chi connectivity index (χ0) is 21.1. The molecule has 0 atom stereocenters. The van der Waals surface area contributed by atoms with Gasteiger partial charge in [-0.15, -0.1) is 0 Å². The molecule has 0 spiro atoms. The Kier molecular flexibility index (Phi) is 6.42. The number of para-hydroxylation sites is 2. The van der Waals surface area contributed by atoms with Crippen LogP contribution in [0.3, 0.4) is 0 Å². The van der Waals surface area contributed by atoms with E-state index in [2.05, 4.69) is 25.8 Å². The molecule has 4 nitrogen and oxygen atoms in total. The van der Waals surface area contributed by atoms with Crippen molar-refractivity contribution in [2.45, 2.75) is 13.0 Å². The van der Waals surface area contributed by atoms with Crippen LogP contribution < -0.4 is 5.32 Å². The molecule has 0 fully saturated rings. The van der Waals surface area contributed by atoms with Crippen LogP contribution in [0.15, 0.2) is 71.2 Å². The van der Waals surface area contributed by atoms with Gasteiger partial charge in [-0.2, -0.15) is 0 Å². The maximum absolute atomic E-state index is 12.4. The zero-order valence-corrected chi connectivity index (χ0v) is 19.0. The number of imidazole rings is 1. The monoisotopic (exact) mass is 501 g/mol. The van der Waals surface area contributed by atoms with E-state index in [1.54, 1.807) is 18.2 Å².